The summed E-state index contributed by atoms with van der Waals surface area (Å²) in [5, 5.41) is 14.3. The highest BCUT2D eigenvalue weighted by Crippen LogP contribution is 2.31. The van der Waals surface area contributed by atoms with Gasteiger partial charge in [-0.15, -0.1) is 0 Å². The molecular formula is C22H27N3O3. The van der Waals surface area contributed by atoms with E-state index in [1.165, 1.54) is 12.5 Å². The highest BCUT2D eigenvalue weighted by atomic mass is 16.7. The topological polar surface area (TPSA) is 77.1 Å². The van der Waals surface area contributed by atoms with Crippen LogP contribution in [0, 0.1) is 25.2 Å². The average molecular weight is 381 g/mol. The summed E-state index contributed by atoms with van der Waals surface area (Å²) in [6.45, 7) is 11.3. The average Bonchev–Trinajstić information content (AvgIpc) is 2.86. The predicted octanol–water partition coefficient (Wildman–Crippen LogP) is 4.26. The Balaban J connectivity index is 2.61. The van der Waals surface area contributed by atoms with Gasteiger partial charge in [0.25, 0.3) is 0 Å². The van der Waals surface area contributed by atoms with Crippen LogP contribution in [-0.4, -0.2) is 22.5 Å². The van der Waals surface area contributed by atoms with E-state index < -0.39 is 5.97 Å². The molecule has 0 bridgehead atoms. The molecule has 0 atom stereocenters. The minimum atomic E-state index is -0.453. The van der Waals surface area contributed by atoms with Gasteiger partial charge in [-0.05, 0) is 30.4 Å². The van der Waals surface area contributed by atoms with Crippen LogP contribution in [0.4, 0.5) is 0 Å². The van der Waals surface area contributed by atoms with E-state index in [1.807, 2.05) is 38.1 Å². The van der Waals surface area contributed by atoms with Crippen molar-refractivity contribution in [3.05, 3.63) is 52.3 Å². The van der Waals surface area contributed by atoms with Crippen LogP contribution in [0.1, 0.15) is 55.8 Å². The van der Waals surface area contributed by atoms with Crippen LogP contribution in [0.15, 0.2) is 24.3 Å². The van der Waals surface area contributed by atoms with Crippen molar-refractivity contribution in [2.45, 2.75) is 47.0 Å². The molecule has 0 aliphatic rings. The van der Waals surface area contributed by atoms with Gasteiger partial charge in [0, 0.05) is 19.5 Å². The van der Waals surface area contributed by atoms with E-state index >= 15 is 0 Å². The van der Waals surface area contributed by atoms with Gasteiger partial charge in [-0.2, -0.15) is 10.4 Å². The van der Waals surface area contributed by atoms with Crippen LogP contribution in [0.2, 0.25) is 0 Å². The highest BCUT2D eigenvalue weighted by molar-refractivity contribution is 5.94. The number of carbonyl (C=O) groups is 1. The first-order valence-corrected chi connectivity index (χ1v) is 9.08. The van der Waals surface area contributed by atoms with Crippen LogP contribution in [-0.2, 0) is 26.7 Å². The third-order valence-electron chi connectivity index (χ3n) is 4.58. The normalized spacial score (nSPS) is 12.2. The molecule has 1 heterocycles. The zero-order valence-electron chi connectivity index (χ0n) is 17.6. The Hall–Kier alpha value is -3.07. The Labute approximate surface area is 166 Å². The van der Waals surface area contributed by atoms with Crippen molar-refractivity contribution >= 4 is 17.3 Å². The van der Waals surface area contributed by atoms with Crippen molar-refractivity contribution in [1.82, 2.24) is 9.78 Å². The molecule has 2 aromatic rings. The van der Waals surface area contributed by atoms with Gasteiger partial charge in [0.05, 0.1) is 5.69 Å². The summed E-state index contributed by atoms with van der Waals surface area (Å²) in [6, 6.07) is 10.1. The van der Waals surface area contributed by atoms with Crippen LogP contribution in [0.5, 0.6) is 0 Å². The Bertz CT molecular complexity index is 939. The fourth-order valence-electron chi connectivity index (χ4n) is 2.89. The Kier molecular flexibility index (Phi) is 6.30. The zero-order valence-corrected chi connectivity index (χ0v) is 17.6. The van der Waals surface area contributed by atoms with Gasteiger partial charge in [0.1, 0.15) is 17.3 Å². The highest BCUT2D eigenvalue weighted by Gasteiger charge is 2.22. The summed E-state index contributed by atoms with van der Waals surface area (Å²) >= 11 is 0. The lowest BCUT2D eigenvalue weighted by Gasteiger charge is -2.19. The fourth-order valence-corrected chi connectivity index (χ4v) is 2.89. The molecule has 1 aromatic heterocycles. The minimum Gasteiger partial charge on any atom is -0.454 e. The molecule has 0 spiro atoms. The smallest absolute Gasteiger partial charge is 0.305 e. The van der Waals surface area contributed by atoms with Gasteiger partial charge in [0.2, 0.25) is 6.79 Å². The van der Waals surface area contributed by atoms with Gasteiger partial charge in [-0.1, -0.05) is 45.0 Å². The molecule has 0 fully saturated rings. The first-order chi connectivity index (χ1) is 13.1. The predicted molar refractivity (Wildman–Crippen MR) is 108 cm³/mol. The van der Waals surface area contributed by atoms with Crippen molar-refractivity contribution in [2.24, 2.45) is 7.05 Å². The number of allylic oxidation sites excluding steroid dienone is 1. The third kappa shape index (κ3) is 4.61. The van der Waals surface area contributed by atoms with Crippen molar-refractivity contribution in [3.8, 4) is 6.07 Å². The molecule has 0 amide bonds. The molecule has 0 radical (unpaired) electrons. The summed E-state index contributed by atoms with van der Waals surface area (Å²) < 4.78 is 12.4. The molecule has 0 aliphatic carbocycles. The molecule has 0 aliphatic heterocycles. The second kappa shape index (κ2) is 8.30. The van der Waals surface area contributed by atoms with E-state index in [4.69, 9.17) is 9.47 Å². The van der Waals surface area contributed by atoms with Crippen molar-refractivity contribution in [1.29, 1.82) is 5.26 Å². The van der Waals surface area contributed by atoms with E-state index in [2.05, 4.69) is 31.9 Å². The number of aryl methyl sites for hydroxylation is 2. The third-order valence-corrected chi connectivity index (χ3v) is 4.58. The monoisotopic (exact) mass is 381 g/mol. The molecule has 148 valence electrons. The van der Waals surface area contributed by atoms with E-state index in [0.29, 0.717) is 17.0 Å². The Morgan fingerprint density at radius 3 is 2.21 bits per heavy atom. The van der Waals surface area contributed by atoms with E-state index in [0.717, 1.165) is 16.8 Å². The lowest BCUT2D eigenvalue weighted by molar-refractivity contribution is -0.148. The number of benzene rings is 1. The second-order valence-corrected chi connectivity index (χ2v) is 7.72. The van der Waals surface area contributed by atoms with Gasteiger partial charge in [-0.3, -0.25) is 9.48 Å². The summed E-state index contributed by atoms with van der Waals surface area (Å²) in [5.74, 6) is -0.113. The summed E-state index contributed by atoms with van der Waals surface area (Å²) in [4.78, 5) is 11.1. The number of ether oxygens (including phenoxy) is 2. The van der Waals surface area contributed by atoms with Gasteiger partial charge in [-0.25, -0.2) is 0 Å². The van der Waals surface area contributed by atoms with Gasteiger partial charge >= 0.3 is 5.97 Å². The van der Waals surface area contributed by atoms with Crippen LogP contribution < -0.4 is 0 Å². The largest absolute Gasteiger partial charge is 0.454 e. The molecule has 0 unspecified atom stereocenters. The number of nitriles is 1. The molecular weight excluding hydrogens is 354 g/mol. The molecule has 0 N–H and O–H groups in total. The summed E-state index contributed by atoms with van der Waals surface area (Å²) in [6.07, 6.45) is 0. The number of rotatable bonds is 5. The molecule has 6 heteroatoms. The maximum atomic E-state index is 11.1. The first kappa shape index (κ1) is 21.2. The molecule has 6 nitrogen and oxygen atoms in total. The zero-order chi connectivity index (χ0) is 21.1. The minimum absolute atomic E-state index is 0.0133. The quantitative estimate of drug-likeness (QED) is 0.335. The van der Waals surface area contributed by atoms with E-state index in [1.54, 1.807) is 11.7 Å². The summed E-state index contributed by atoms with van der Waals surface area (Å²) in [7, 11) is 1.79. The van der Waals surface area contributed by atoms with E-state index in [9.17, 15) is 10.1 Å². The molecule has 1 aromatic carbocycles. The van der Waals surface area contributed by atoms with Gasteiger partial charge in [0.15, 0.2) is 5.76 Å². The van der Waals surface area contributed by atoms with Crippen molar-refractivity contribution in [2.75, 3.05) is 6.79 Å². The standard InChI is InChI=1S/C22H27N3O3/c1-14-15(2)24-25(7)20(14)21(28-13-27-16(3)26)19(12-23)17-8-10-18(11-9-17)22(4,5)6/h8-11H,13H2,1-7H3/b21-19-. The van der Waals surface area contributed by atoms with Crippen molar-refractivity contribution < 1.29 is 14.3 Å². The number of aromatic nitrogens is 2. The maximum Gasteiger partial charge on any atom is 0.305 e. The molecule has 0 saturated carbocycles. The molecule has 0 saturated heterocycles. The van der Waals surface area contributed by atoms with Crippen LogP contribution in [0.3, 0.4) is 0 Å². The molecule has 28 heavy (non-hydrogen) atoms. The maximum absolute atomic E-state index is 11.1. The first-order valence-electron chi connectivity index (χ1n) is 9.08. The fraction of sp³-hybridized carbons (Fsp3) is 0.409. The summed E-state index contributed by atoms with van der Waals surface area (Å²) in [5.41, 5.74) is 4.69. The Morgan fingerprint density at radius 2 is 1.79 bits per heavy atom. The lowest BCUT2D eigenvalue weighted by atomic mass is 9.86. The Morgan fingerprint density at radius 1 is 1.18 bits per heavy atom. The number of hydrogen-bond acceptors (Lipinski definition) is 5. The van der Waals surface area contributed by atoms with Crippen molar-refractivity contribution in [3.63, 3.8) is 0 Å². The number of carbonyl (C=O) groups excluding carboxylic acids is 1. The second-order valence-electron chi connectivity index (χ2n) is 7.72. The SMILES string of the molecule is CC(=O)OCO/C(=C(/C#N)c1ccc(C(C)(C)C)cc1)c1c(C)c(C)nn1C. The molecule has 2 rings (SSSR count). The number of esters is 1. The van der Waals surface area contributed by atoms with E-state index in [-0.39, 0.29) is 12.2 Å². The van der Waals surface area contributed by atoms with Crippen LogP contribution >= 0.6 is 0 Å². The lowest BCUT2D eigenvalue weighted by Crippen LogP contribution is -2.11. The van der Waals surface area contributed by atoms with Gasteiger partial charge < -0.3 is 9.47 Å². The number of hydrogen-bond donors (Lipinski definition) is 0. The van der Waals surface area contributed by atoms with Crippen LogP contribution in [0.25, 0.3) is 11.3 Å². The number of nitrogens with zero attached hydrogens (tertiary/aromatic N) is 3.